The average Bonchev–Trinajstić information content (AvgIpc) is 2.68. The standard InChI is InChI=1S/C14H26N2O/c1-13(2)8-5-9-14(10-13,12(15)17)16-11-6-3-4-7-11/h11,16H,3-10H2,1-2H3,(H2,15,17). The van der Waals surface area contributed by atoms with E-state index >= 15 is 0 Å². The van der Waals surface area contributed by atoms with Crippen LogP contribution < -0.4 is 11.1 Å². The summed E-state index contributed by atoms with van der Waals surface area (Å²) in [6.45, 7) is 4.50. The Balaban J connectivity index is 2.11. The third-order valence-corrected chi connectivity index (χ3v) is 4.54. The van der Waals surface area contributed by atoms with Crippen LogP contribution in [-0.4, -0.2) is 17.5 Å². The highest BCUT2D eigenvalue weighted by Crippen LogP contribution is 2.41. The van der Waals surface area contributed by atoms with Crippen LogP contribution in [0.1, 0.15) is 65.2 Å². The lowest BCUT2D eigenvalue weighted by Gasteiger charge is -2.44. The number of nitrogens with two attached hydrogens (primary N) is 1. The van der Waals surface area contributed by atoms with E-state index in [0.717, 1.165) is 19.3 Å². The van der Waals surface area contributed by atoms with Crippen molar-refractivity contribution in [1.82, 2.24) is 5.32 Å². The molecule has 2 rings (SSSR count). The predicted molar refractivity (Wildman–Crippen MR) is 69.6 cm³/mol. The minimum Gasteiger partial charge on any atom is -0.368 e. The van der Waals surface area contributed by atoms with Crippen molar-refractivity contribution in [2.75, 3.05) is 0 Å². The molecule has 2 saturated carbocycles. The lowest BCUT2D eigenvalue weighted by Crippen LogP contribution is -2.61. The zero-order valence-corrected chi connectivity index (χ0v) is 11.2. The van der Waals surface area contributed by atoms with Gasteiger partial charge in [0.15, 0.2) is 0 Å². The molecule has 0 aliphatic heterocycles. The summed E-state index contributed by atoms with van der Waals surface area (Å²) < 4.78 is 0. The van der Waals surface area contributed by atoms with Crippen molar-refractivity contribution < 1.29 is 4.79 Å². The van der Waals surface area contributed by atoms with Crippen LogP contribution in [0.4, 0.5) is 0 Å². The first kappa shape index (κ1) is 12.9. The highest BCUT2D eigenvalue weighted by molar-refractivity contribution is 5.85. The summed E-state index contributed by atoms with van der Waals surface area (Å²) in [6, 6.07) is 0.511. The second-order valence-electron chi connectivity index (χ2n) is 6.77. The second-order valence-corrected chi connectivity index (χ2v) is 6.77. The van der Waals surface area contributed by atoms with E-state index in [1.807, 2.05) is 0 Å². The van der Waals surface area contributed by atoms with Gasteiger partial charge in [0, 0.05) is 6.04 Å². The van der Waals surface area contributed by atoms with Crippen LogP contribution in [0.15, 0.2) is 0 Å². The molecule has 2 aliphatic carbocycles. The highest BCUT2D eigenvalue weighted by atomic mass is 16.1. The maximum Gasteiger partial charge on any atom is 0.237 e. The molecule has 0 aromatic heterocycles. The fourth-order valence-electron chi connectivity index (χ4n) is 3.73. The molecule has 3 nitrogen and oxygen atoms in total. The molecule has 0 heterocycles. The number of nitrogens with one attached hydrogen (secondary N) is 1. The van der Waals surface area contributed by atoms with Gasteiger partial charge in [0.2, 0.25) is 5.91 Å². The first-order valence-corrected chi connectivity index (χ1v) is 7.01. The quantitative estimate of drug-likeness (QED) is 0.793. The van der Waals surface area contributed by atoms with Gasteiger partial charge >= 0.3 is 0 Å². The fourth-order valence-corrected chi connectivity index (χ4v) is 3.73. The fraction of sp³-hybridized carbons (Fsp3) is 0.929. The maximum atomic E-state index is 11.9. The Bertz CT molecular complexity index is 295. The van der Waals surface area contributed by atoms with Crippen molar-refractivity contribution in [3.05, 3.63) is 0 Å². The third kappa shape index (κ3) is 2.82. The first-order valence-electron chi connectivity index (χ1n) is 7.01. The molecule has 17 heavy (non-hydrogen) atoms. The monoisotopic (exact) mass is 238 g/mol. The van der Waals surface area contributed by atoms with Crippen LogP contribution in [0.3, 0.4) is 0 Å². The Morgan fingerprint density at radius 1 is 1.18 bits per heavy atom. The van der Waals surface area contributed by atoms with E-state index < -0.39 is 5.54 Å². The van der Waals surface area contributed by atoms with Gasteiger partial charge in [0.1, 0.15) is 0 Å². The third-order valence-electron chi connectivity index (χ3n) is 4.54. The normalized spacial score (nSPS) is 33.8. The number of rotatable bonds is 3. The zero-order chi connectivity index (χ0) is 12.5. The summed E-state index contributed by atoms with van der Waals surface area (Å²) >= 11 is 0. The van der Waals surface area contributed by atoms with E-state index in [4.69, 9.17) is 5.73 Å². The summed E-state index contributed by atoms with van der Waals surface area (Å²) in [7, 11) is 0. The van der Waals surface area contributed by atoms with E-state index in [1.54, 1.807) is 0 Å². The maximum absolute atomic E-state index is 11.9. The average molecular weight is 238 g/mol. The first-order chi connectivity index (χ1) is 7.94. The molecule has 0 radical (unpaired) electrons. The van der Waals surface area contributed by atoms with Gasteiger partial charge in [-0.1, -0.05) is 33.1 Å². The van der Waals surface area contributed by atoms with Crippen LogP contribution in [0, 0.1) is 5.41 Å². The van der Waals surface area contributed by atoms with Crippen molar-refractivity contribution in [3.8, 4) is 0 Å². The van der Waals surface area contributed by atoms with Crippen LogP contribution in [0.5, 0.6) is 0 Å². The summed E-state index contributed by atoms with van der Waals surface area (Å²) in [4.78, 5) is 11.9. The molecule has 98 valence electrons. The molecule has 0 aromatic rings. The molecule has 1 amide bonds. The Hall–Kier alpha value is -0.570. The van der Waals surface area contributed by atoms with Crippen molar-refractivity contribution in [1.29, 1.82) is 0 Å². The van der Waals surface area contributed by atoms with Gasteiger partial charge in [-0.3, -0.25) is 4.79 Å². The summed E-state index contributed by atoms with van der Waals surface area (Å²) in [5.74, 6) is -0.142. The summed E-state index contributed by atoms with van der Waals surface area (Å²) in [6.07, 6.45) is 9.11. The molecule has 3 N–H and O–H groups in total. The largest absolute Gasteiger partial charge is 0.368 e. The van der Waals surface area contributed by atoms with E-state index in [1.165, 1.54) is 32.1 Å². The molecular formula is C14H26N2O. The summed E-state index contributed by atoms with van der Waals surface area (Å²) in [5.41, 5.74) is 5.50. The van der Waals surface area contributed by atoms with E-state index in [-0.39, 0.29) is 11.3 Å². The molecule has 0 bridgehead atoms. The minimum atomic E-state index is -0.434. The van der Waals surface area contributed by atoms with Gasteiger partial charge in [-0.05, 0) is 37.5 Å². The van der Waals surface area contributed by atoms with Crippen LogP contribution in [0.25, 0.3) is 0 Å². The predicted octanol–water partition coefficient (Wildman–Crippen LogP) is 2.34. The number of carbonyl (C=O) groups is 1. The molecule has 2 fully saturated rings. The van der Waals surface area contributed by atoms with Crippen molar-refractivity contribution in [3.63, 3.8) is 0 Å². The second kappa shape index (κ2) is 4.60. The van der Waals surface area contributed by atoms with Crippen LogP contribution in [0.2, 0.25) is 0 Å². The van der Waals surface area contributed by atoms with Crippen molar-refractivity contribution in [2.45, 2.75) is 76.8 Å². The topological polar surface area (TPSA) is 55.1 Å². The number of primary amides is 1. The lowest BCUT2D eigenvalue weighted by atomic mass is 9.67. The molecule has 2 aliphatic rings. The van der Waals surface area contributed by atoms with Gasteiger partial charge in [0.05, 0.1) is 5.54 Å². The Labute approximate surface area is 105 Å². The van der Waals surface area contributed by atoms with E-state index in [0.29, 0.717) is 6.04 Å². The van der Waals surface area contributed by atoms with Crippen molar-refractivity contribution >= 4 is 5.91 Å². The van der Waals surface area contributed by atoms with Gasteiger partial charge < -0.3 is 11.1 Å². The number of carbonyl (C=O) groups excluding carboxylic acids is 1. The Morgan fingerprint density at radius 2 is 1.82 bits per heavy atom. The van der Waals surface area contributed by atoms with Crippen LogP contribution in [-0.2, 0) is 4.79 Å². The minimum absolute atomic E-state index is 0.142. The van der Waals surface area contributed by atoms with Gasteiger partial charge in [-0.15, -0.1) is 0 Å². The van der Waals surface area contributed by atoms with Gasteiger partial charge in [-0.25, -0.2) is 0 Å². The molecule has 3 heteroatoms. The zero-order valence-electron chi connectivity index (χ0n) is 11.2. The Kier molecular flexibility index (Phi) is 3.48. The molecule has 0 saturated heterocycles. The number of amides is 1. The van der Waals surface area contributed by atoms with Crippen molar-refractivity contribution in [2.24, 2.45) is 11.1 Å². The lowest BCUT2D eigenvalue weighted by molar-refractivity contribution is -0.128. The van der Waals surface area contributed by atoms with E-state index in [2.05, 4.69) is 19.2 Å². The summed E-state index contributed by atoms with van der Waals surface area (Å²) in [5, 5.41) is 3.61. The SMILES string of the molecule is CC1(C)CCCC(NC2CCCC2)(C(N)=O)C1. The molecule has 1 atom stereocenters. The smallest absolute Gasteiger partial charge is 0.237 e. The molecule has 1 unspecified atom stereocenters. The number of hydrogen-bond donors (Lipinski definition) is 2. The molecule has 0 aromatic carbocycles. The van der Waals surface area contributed by atoms with Crippen LogP contribution >= 0.6 is 0 Å². The van der Waals surface area contributed by atoms with Gasteiger partial charge in [-0.2, -0.15) is 0 Å². The van der Waals surface area contributed by atoms with Gasteiger partial charge in [0.25, 0.3) is 0 Å². The van der Waals surface area contributed by atoms with E-state index in [9.17, 15) is 4.79 Å². The Morgan fingerprint density at radius 3 is 2.35 bits per heavy atom. The highest BCUT2D eigenvalue weighted by Gasteiger charge is 2.45. The molecule has 0 spiro atoms. The number of hydrogen-bond acceptors (Lipinski definition) is 2. The molecular weight excluding hydrogens is 212 g/mol.